The number of hydrogen-bond acceptors (Lipinski definition) is 6. The fourth-order valence-corrected chi connectivity index (χ4v) is 4.25. The van der Waals surface area contributed by atoms with Gasteiger partial charge >= 0.3 is 0 Å². The van der Waals surface area contributed by atoms with Gasteiger partial charge in [-0.15, -0.1) is 28.1 Å². The molecule has 1 aliphatic rings. The lowest BCUT2D eigenvalue weighted by Gasteiger charge is -2.06. The minimum atomic E-state index is 0.586. The van der Waals surface area contributed by atoms with Gasteiger partial charge in [0.15, 0.2) is 10.3 Å². The summed E-state index contributed by atoms with van der Waals surface area (Å²) in [7, 11) is 0. The molecule has 1 aliphatic carbocycles. The van der Waals surface area contributed by atoms with Crippen LogP contribution in [0.15, 0.2) is 53.5 Å². The molecule has 3 aromatic rings. The van der Waals surface area contributed by atoms with Crippen molar-refractivity contribution in [2.24, 2.45) is 0 Å². The Morgan fingerprint density at radius 1 is 1.28 bits per heavy atom. The van der Waals surface area contributed by atoms with Crippen LogP contribution in [0.5, 0.6) is 0 Å². The van der Waals surface area contributed by atoms with Crippen LogP contribution in [0.3, 0.4) is 0 Å². The van der Waals surface area contributed by atoms with Crippen molar-refractivity contribution in [3.05, 3.63) is 59.9 Å². The monoisotopic (exact) mass is 369 g/mol. The predicted molar refractivity (Wildman–Crippen MR) is 104 cm³/mol. The number of thioether (sulfide) groups is 1. The SMILES string of the molecule is C=CCn1c(SCc2csc(Nc3ccccc3)n2)nnc1C1CC1. The molecule has 0 atom stereocenters. The molecular formula is C18H19N5S2. The number of anilines is 2. The Hall–Kier alpha value is -2.12. The smallest absolute Gasteiger partial charge is 0.191 e. The van der Waals surface area contributed by atoms with Crippen molar-refractivity contribution in [3.8, 4) is 0 Å². The number of aromatic nitrogens is 4. The first-order valence-electron chi connectivity index (χ1n) is 8.27. The molecular weight excluding hydrogens is 350 g/mol. The summed E-state index contributed by atoms with van der Waals surface area (Å²) in [4.78, 5) is 4.66. The molecule has 5 nitrogen and oxygen atoms in total. The maximum absolute atomic E-state index is 4.66. The van der Waals surface area contributed by atoms with E-state index in [0.29, 0.717) is 5.92 Å². The van der Waals surface area contributed by atoms with Crippen LogP contribution in [0.4, 0.5) is 10.8 Å². The average Bonchev–Trinajstić information content (AvgIpc) is 3.25. The number of para-hydroxylation sites is 1. The maximum atomic E-state index is 4.66. The fraction of sp³-hybridized carbons (Fsp3) is 0.278. The molecule has 4 rings (SSSR count). The van der Waals surface area contributed by atoms with Crippen LogP contribution in [0.1, 0.15) is 30.3 Å². The number of benzene rings is 1. The zero-order valence-electron chi connectivity index (χ0n) is 13.8. The zero-order valence-corrected chi connectivity index (χ0v) is 15.4. The highest BCUT2D eigenvalue weighted by Gasteiger charge is 2.30. The Balaban J connectivity index is 1.41. The molecule has 0 unspecified atom stereocenters. The predicted octanol–water partition coefficient (Wildman–Crippen LogP) is 4.83. The Morgan fingerprint density at radius 3 is 2.88 bits per heavy atom. The van der Waals surface area contributed by atoms with Crippen LogP contribution < -0.4 is 5.32 Å². The quantitative estimate of drug-likeness (QED) is 0.455. The highest BCUT2D eigenvalue weighted by Crippen LogP contribution is 2.40. The maximum Gasteiger partial charge on any atom is 0.191 e. The first-order valence-corrected chi connectivity index (χ1v) is 10.1. The molecule has 25 heavy (non-hydrogen) atoms. The molecule has 1 N–H and O–H groups in total. The second-order valence-corrected chi connectivity index (χ2v) is 7.74. The molecule has 0 bridgehead atoms. The van der Waals surface area contributed by atoms with Crippen LogP contribution in [0.2, 0.25) is 0 Å². The van der Waals surface area contributed by atoms with Crippen LogP contribution in [0, 0.1) is 0 Å². The molecule has 128 valence electrons. The van der Waals surface area contributed by atoms with Crippen molar-refractivity contribution in [2.75, 3.05) is 5.32 Å². The zero-order chi connectivity index (χ0) is 17.1. The molecule has 0 radical (unpaired) electrons. The topological polar surface area (TPSA) is 55.6 Å². The van der Waals surface area contributed by atoms with Crippen molar-refractivity contribution >= 4 is 33.9 Å². The highest BCUT2D eigenvalue weighted by molar-refractivity contribution is 7.98. The number of nitrogens with zero attached hydrogens (tertiary/aromatic N) is 4. The van der Waals surface area contributed by atoms with Gasteiger partial charge in [0.05, 0.1) is 5.69 Å². The van der Waals surface area contributed by atoms with Crippen LogP contribution in [0.25, 0.3) is 0 Å². The van der Waals surface area contributed by atoms with Gasteiger partial charge in [-0.25, -0.2) is 4.98 Å². The third-order valence-corrected chi connectivity index (χ3v) is 5.73. The molecule has 0 saturated heterocycles. The summed E-state index contributed by atoms with van der Waals surface area (Å²) in [5.41, 5.74) is 2.10. The third kappa shape index (κ3) is 3.93. The Bertz CT molecular complexity index is 851. The lowest BCUT2D eigenvalue weighted by Crippen LogP contribution is -2.02. The summed E-state index contributed by atoms with van der Waals surface area (Å²) in [6, 6.07) is 10.1. The first-order chi connectivity index (χ1) is 12.3. The normalized spacial score (nSPS) is 13.8. The van der Waals surface area contributed by atoms with E-state index in [2.05, 4.69) is 37.0 Å². The van der Waals surface area contributed by atoms with E-state index in [4.69, 9.17) is 0 Å². The van der Waals surface area contributed by atoms with Crippen LogP contribution in [-0.4, -0.2) is 19.7 Å². The first kappa shape index (κ1) is 16.4. The largest absolute Gasteiger partial charge is 0.332 e. The van der Waals surface area contributed by atoms with Gasteiger partial charge in [-0.1, -0.05) is 36.0 Å². The summed E-state index contributed by atoms with van der Waals surface area (Å²) in [5.74, 6) is 2.47. The van der Waals surface area contributed by atoms with Crippen molar-refractivity contribution in [1.82, 2.24) is 19.7 Å². The molecule has 7 heteroatoms. The van der Waals surface area contributed by atoms with E-state index in [-0.39, 0.29) is 0 Å². The lowest BCUT2D eigenvalue weighted by atomic mass is 10.3. The van der Waals surface area contributed by atoms with E-state index in [1.54, 1.807) is 23.1 Å². The summed E-state index contributed by atoms with van der Waals surface area (Å²) in [6.07, 6.45) is 4.35. The summed E-state index contributed by atoms with van der Waals surface area (Å²) in [6.45, 7) is 4.62. The molecule has 1 aromatic carbocycles. The summed E-state index contributed by atoms with van der Waals surface area (Å²) in [5, 5.41) is 16.0. The molecule has 1 saturated carbocycles. The van der Waals surface area contributed by atoms with Gasteiger partial charge in [0.1, 0.15) is 5.82 Å². The number of hydrogen-bond donors (Lipinski definition) is 1. The Morgan fingerprint density at radius 2 is 2.12 bits per heavy atom. The minimum absolute atomic E-state index is 0.586. The minimum Gasteiger partial charge on any atom is -0.332 e. The second-order valence-electron chi connectivity index (χ2n) is 5.94. The van der Waals surface area contributed by atoms with Crippen LogP contribution in [-0.2, 0) is 12.3 Å². The van der Waals surface area contributed by atoms with Gasteiger partial charge in [0, 0.05) is 29.3 Å². The summed E-state index contributed by atoms with van der Waals surface area (Å²) < 4.78 is 2.19. The standard InChI is InChI=1S/C18H19N5S2/c1-2-10-23-16(13-8-9-13)21-22-18(23)25-12-15-11-24-17(20-15)19-14-6-4-3-5-7-14/h2-7,11,13H,1,8-10,12H2,(H,19,20). The van der Waals surface area contributed by atoms with Gasteiger partial charge in [-0.2, -0.15) is 0 Å². The second kappa shape index (κ2) is 7.41. The van der Waals surface area contributed by atoms with E-state index in [9.17, 15) is 0 Å². The van der Waals surface area contributed by atoms with Crippen molar-refractivity contribution in [3.63, 3.8) is 0 Å². The van der Waals surface area contributed by atoms with E-state index < -0.39 is 0 Å². The fourth-order valence-electron chi connectivity index (χ4n) is 2.57. The molecule has 2 aromatic heterocycles. The van der Waals surface area contributed by atoms with Gasteiger partial charge in [0.25, 0.3) is 0 Å². The number of thiazole rings is 1. The number of rotatable bonds is 8. The third-order valence-electron chi connectivity index (χ3n) is 3.93. The summed E-state index contributed by atoms with van der Waals surface area (Å²) >= 11 is 3.30. The van der Waals surface area contributed by atoms with Gasteiger partial charge in [0.2, 0.25) is 0 Å². The molecule has 0 aliphatic heterocycles. The van der Waals surface area contributed by atoms with Gasteiger partial charge in [-0.3, -0.25) is 0 Å². The lowest BCUT2D eigenvalue weighted by molar-refractivity contribution is 0.681. The average molecular weight is 370 g/mol. The highest BCUT2D eigenvalue weighted by atomic mass is 32.2. The number of nitrogens with one attached hydrogen (secondary N) is 1. The Kier molecular flexibility index (Phi) is 4.85. The van der Waals surface area contributed by atoms with Gasteiger partial charge < -0.3 is 9.88 Å². The van der Waals surface area contributed by atoms with E-state index in [1.165, 1.54) is 12.8 Å². The molecule has 0 amide bonds. The molecule has 0 spiro atoms. The van der Waals surface area contributed by atoms with Gasteiger partial charge in [-0.05, 0) is 25.0 Å². The van der Waals surface area contributed by atoms with Crippen molar-refractivity contribution in [2.45, 2.75) is 36.2 Å². The van der Waals surface area contributed by atoms with E-state index in [1.807, 2.05) is 36.4 Å². The Labute approximate surface area is 155 Å². The molecule has 1 fully saturated rings. The van der Waals surface area contributed by atoms with E-state index >= 15 is 0 Å². The molecule has 2 heterocycles. The van der Waals surface area contributed by atoms with Crippen molar-refractivity contribution in [1.29, 1.82) is 0 Å². The number of allylic oxidation sites excluding steroid dienone is 1. The van der Waals surface area contributed by atoms with E-state index in [0.717, 1.165) is 39.8 Å². The van der Waals surface area contributed by atoms with Crippen molar-refractivity contribution < 1.29 is 0 Å². The van der Waals surface area contributed by atoms with Crippen LogP contribution >= 0.6 is 23.1 Å².